The van der Waals surface area contributed by atoms with Crippen LogP contribution in [-0.4, -0.2) is 6.04 Å². The van der Waals surface area contributed by atoms with Crippen molar-refractivity contribution in [1.29, 1.82) is 0 Å². The maximum atomic E-state index is 3.87. The van der Waals surface area contributed by atoms with Crippen molar-refractivity contribution in [3.05, 3.63) is 71.8 Å². The molecule has 0 unspecified atom stereocenters. The number of hydrogen-bond acceptors (Lipinski definition) is 1. The summed E-state index contributed by atoms with van der Waals surface area (Å²) in [7, 11) is 0. The molecule has 1 saturated carbocycles. The summed E-state index contributed by atoms with van der Waals surface area (Å²) < 4.78 is 0. The zero-order valence-corrected chi connectivity index (χ0v) is 13.0. The maximum absolute atomic E-state index is 3.87. The zero-order valence-electron chi connectivity index (χ0n) is 13.0. The lowest BCUT2D eigenvalue weighted by Crippen LogP contribution is -2.44. The highest BCUT2D eigenvalue weighted by molar-refractivity contribution is 5.31. The first-order valence-corrected chi connectivity index (χ1v) is 8.10. The predicted octanol–water partition coefficient (Wildman–Crippen LogP) is 4.80. The molecule has 0 aromatic heterocycles. The Hall–Kier alpha value is -1.60. The van der Waals surface area contributed by atoms with Crippen LogP contribution in [0.1, 0.15) is 43.9 Å². The molecule has 1 nitrogen and oxygen atoms in total. The van der Waals surface area contributed by atoms with Crippen molar-refractivity contribution in [3.63, 3.8) is 0 Å². The minimum Gasteiger partial charge on any atom is -0.303 e. The van der Waals surface area contributed by atoms with Crippen LogP contribution in [0.15, 0.2) is 60.7 Å². The zero-order chi connectivity index (χ0) is 14.7. The SMILES string of the molecule is CC(C)C1CC(NC(c2ccccc2)c2ccccc2)C1. The highest BCUT2D eigenvalue weighted by Crippen LogP contribution is 2.36. The van der Waals surface area contributed by atoms with Gasteiger partial charge in [-0.15, -0.1) is 0 Å². The third-order valence-electron chi connectivity index (χ3n) is 4.79. The Labute approximate surface area is 128 Å². The van der Waals surface area contributed by atoms with Crippen LogP contribution in [0.4, 0.5) is 0 Å². The van der Waals surface area contributed by atoms with Gasteiger partial charge >= 0.3 is 0 Å². The monoisotopic (exact) mass is 279 g/mol. The highest BCUT2D eigenvalue weighted by Gasteiger charge is 2.32. The quantitative estimate of drug-likeness (QED) is 0.829. The Balaban J connectivity index is 1.75. The van der Waals surface area contributed by atoms with Crippen molar-refractivity contribution >= 4 is 0 Å². The van der Waals surface area contributed by atoms with Crippen LogP contribution >= 0.6 is 0 Å². The summed E-state index contributed by atoms with van der Waals surface area (Å²) in [5, 5.41) is 3.87. The van der Waals surface area contributed by atoms with E-state index in [0.717, 1.165) is 11.8 Å². The van der Waals surface area contributed by atoms with E-state index in [0.29, 0.717) is 12.1 Å². The Morgan fingerprint density at radius 1 is 0.810 bits per heavy atom. The maximum Gasteiger partial charge on any atom is 0.0578 e. The van der Waals surface area contributed by atoms with Gasteiger partial charge in [0.2, 0.25) is 0 Å². The van der Waals surface area contributed by atoms with Gasteiger partial charge in [0.1, 0.15) is 0 Å². The third-order valence-corrected chi connectivity index (χ3v) is 4.79. The van der Waals surface area contributed by atoms with E-state index >= 15 is 0 Å². The molecule has 21 heavy (non-hydrogen) atoms. The molecule has 0 aliphatic heterocycles. The first-order chi connectivity index (χ1) is 10.2. The molecular weight excluding hydrogens is 254 g/mol. The van der Waals surface area contributed by atoms with E-state index < -0.39 is 0 Å². The van der Waals surface area contributed by atoms with Gasteiger partial charge < -0.3 is 5.32 Å². The molecule has 1 fully saturated rings. The van der Waals surface area contributed by atoms with Gasteiger partial charge in [0.15, 0.2) is 0 Å². The standard InChI is InChI=1S/C20H25N/c1-15(2)18-13-19(14-18)21-20(16-9-5-3-6-10-16)17-11-7-4-8-12-17/h3-12,15,18-21H,13-14H2,1-2H3. The first-order valence-electron chi connectivity index (χ1n) is 8.10. The van der Waals surface area contributed by atoms with E-state index in [2.05, 4.69) is 79.8 Å². The van der Waals surface area contributed by atoms with E-state index in [-0.39, 0.29) is 0 Å². The minimum absolute atomic E-state index is 0.311. The molecular formula is C20H25N. The summed E-state index contributed by atoms with van der Waals surface area (Å²) >= 11 is 0. The molecule has 1 aliphatic carbocycles. The summed E-state index contributed by atoms with van der Waals surface area (Å²) in [6, 6.07) is 22.6. The summed E-state index contributed by atoms with van der Waals surface area (Å²) in [6.45, 7) is 4.68. The molecule has 0 bridgehead atoms. The van der Waals surface area contributed by atoms with Gasteiger partial charge in [-0.25, -0.2) is 0 Å². The smallest absolute Gasteiger partial charge is 0.0578 e. The molecule has 3 rings (SSSR count). The fraction of sp³-hybridized carbons (Fsp3) is 0.400. The lowest BCUT2D eigenvalue weighted by atomic mass is 9.73. The van der Waals surface area contributed by atoms with Crippen molar-refractivity contribution in [3.8, 4) is 0 Å². The lowest BCUT2D eigenvalue weighted by molar-refractivity contribution is 0.162. The second-order valence-corrected chi connectivity index (χ2v) is 6.59. The summed E-state index contributed by atoms with van der Waals surface area (Å²) in [5.74, 6) is 1.71. The minimum atomic E-state index is 0.311. The molecule has 0 spiro atoms. The number of rotatable bonds is 5. The molecule has 0 amide bonds. The largest absolute Gasteiger partial charge is 0.303 e. The van der Waals surface area contributed by atoms with Crippen LogP contribution in [0.2, 0.25) is 0 Å². The van der Waals surface area contributed by atoms with E-state index in [1.165, 1.54) is 24.0 Å². The van der Waals surface area contributed by atoms with Gasteiger partial charge in [-0.05, 0) is 35.8 Å². The molecule has 2 aromatic carbocycles. The fourth-order valence-corrected chi connectivity index (χ4v) is 3.25. The van der Waals surface area contributed by atoms with E-state index in [1.807, 2.05) is 0 Å². The van der Waals surface area contributed by atoms with Crippen molar-refractivity contribution in [2.45, 2.75) is 38.8 Å². The average molecular weight is 279 g/mol. The topological polar surface area (TPSA) is 12.0 Å². The molecule has 2 aromatic rings. The van der Waals surface area contributed by atoms with Gasteiger partial charge in [-0.2, -0.15) is 0 Å². The van der Waals surface area contributed by atoms with E-state index in [1.54, 1.807) is 0 Å². The number of benzene rings is 2. The summed E-state index contributed by atoms with van der Waals surface area (Å²) in [4.78, 5) is 0. The van der Waals surface area contributed by atoms with Gasteiger partial charge in [-0.3, -0.25) is 0 Å². The van der Waals surface area contributed by atoms with Gasteiger partial charge in [0, 0.05) is 6.04 Å². The van der Waals surface area contributed by atoms with E-state index in [4.69, 9.17) is 0 Å². The van der Waals surface area contributed by atoms with Crippen molar-refractivity contribution in [1.82, 2.24) is 5.32 Å². The highest BCUT2D eigenvalue weighted by atomic mass is 15.0. The third kappa shape index (κ3) is 3.36. The lowest BCUT2D eigenvalue weighted by Gasteiger charge is -2.41. The van der Waals surface area contributed by atoms with Crippen LogP contribution in [0.5, 0.6) is 0 Å². The van der Waals surface area contributed by atoms with Gasteiger partial charge in [0.25, 0.3) is 0 Å². The van der Waals surface area contributed by atoms with Crippen LogP contribution in [-0.2, 0) is 0 Å². The Bertz CT molecular complexity index is 501. The molecule has 1 heteroatoms. The Morgan fingerprint density at radius 3 is 1.71 bits per heavy atom. The van der Waals surface area contributed by atoms with Gasteiger partial charge in [0.05, 0.1) is 6.04 Å². The van der Waals surface area contributed by atoms with Crippen LogP contribution < -0.4 is 5.32 Å². The average Bonchev–Trinajstić information content (AvgIpc) is 2.47. The molecule has 110 valence electrons. The number of nitrogens with one attached hydrogen (secondary N) is 1. The van der Waals surface area contributed by atoms with Crippen molar-refractivity contribution in [2.75, 3.05) is 0 Å². The molecule has 0 saturated heterocycles. The molecule has 1 aliphatic rings. The van der Waals surface area contributed by atoms with Crippen LogP contribution in [0.3, 0.4) is 0 Å². The molecule has 0 atom stereocenters. The van der Waals surface area contributed by atoms with Crippen molar-refractivity contribution in [2.24, 2.45) is 11.8 Å². The normalized spacial score (nSPS) is 21.5. The predicted molar refractivity (Wildman–Crippen MR) is 89.2 cm³/mol. The molecule has 0 radical (unpaired) electrons. The second-order valence-electron chi connectivity index (χ2n) is 6.59. The first kappa shape index (κ1) is 14.3. The molecule has 1 N–H and O–H groups in total. The van der Waals surface area contributed by atoms with Gasteiger partial charge in [-0.1, -0.05) is 74.5 Å². The Kier molecular flexibility index (Phi) is 4.40. The molecule has 0 heterocycles. The fourth-order valence-electron chi connectivity index (χ4n) is 3.25. The second kappa shape index (κ2) is 6.44. The van der Waals surface area contributed by atoms with Crippen molar-refractivity contribution < 1.29 is 0 Å². The number of hydrogen-bond donors (Lipinski definition) is 1. The summed E-state index contributed by atoms with van der Waals surface area (Å²) in [5.41, 5.74) is 2.72. The van der Waals surface area contributed by atoms with Crippen LogP contribution in [0, 0.1) is 11.8 Å². The summed E-state index contributed by atoms with van der Waals surface area (Å²) in [6.07, 6.45) is 2.63. The van der Waals surface area contributed by atoms with Crippen LogP contribution in [0.25, 0.3) is 0 Å². The van der Waals surface area contributed by atoms with E-state index in [9.17, 15) is 0 Å². The Morgan fingerprint density at radius 2 is 1.29 bits per heavy atom.